The molecule has 16 heavy (non-hydrogen) atoms. The lowest BCUT2D eigenvalue weighted by Crippen LogP contribution is -2.48. The van der Waals surface area contributed by atoms with E-state index in [0.717, 1.165) is 24.7 Å². The molecule has 5 nitrogen and oxygen atoms in total. The van der Waals surface area contributed by atoms with Crippen molar-refractivity contribution in [3.63, 3.8) is 0 Å². The zero-order valence-electron chi connectivity index (χ0n) is 9.60. The zero-order valence-corrected chi connectivity index (χ0v) is 9.60. The molecule has 0 atom stereocenters. The fourth-order valence-corrected chi connectivity index (χ4v) is 1.69. The molecular weight excluding hydrogens is 204 g/mol. The first kappa shape index (κ1) is 10.7. The summed E-state index contributed by atoms with van der Waals surface area (Å²) in [6, 6.07) is 5.78. The second-order valence-corrected chi connectivity index (χ2v) is 3.87. The molecule has 0 unspecified atom stereocenters. The van der Waals surface area contributed by atoms with E-state index in [1.807, 2.05) is 37.2 Å². The maximum Gasteiger partial charge on any atom is 0.241 e. The standard InChI is InChI=1S/C11H16N4O/c1-12-9-4-3-5-10(13-9)15-7-6-14(2)11(16)8-15/h3-5H,6-8H2,1-2H3,(H,12,13). The highest BCUT2D eigenvalue weighted by Crippen LogP contribution is 2.15. The highest BCUT2D eigenvalue weighted by atomic mass is 16.2. The van der Waals surface area contributed by atoms with Gasteiger partial charge in [-0.1, -0.05) is 6.07 Å². The van der Waals surface area contributed by atoms with Crippen molar-refractivity contribution < 1.29 is 4.79 Å². The molecule has 2 heterocycles. The highest BCUT2D eigenvalue weighted by molar-refractivity contribution is 5.82. The van der Waals surface area contributed by atoms with Gasteiger partial charge in [-0.3, -0.25) is 4.79 Å². The van der Waals surface area contributed by atoms with E-state index >= 15 is 0 Å². The number of aromatic nitrogens is 1. The van der Waals surface area contributed by atoms with Crippen LogP contribution in [0, 0.1) is 0 Å². The topological polar surface area (TPSA) is 48.5 Å². The van der Waals surface area contributed by atoms with Crippen LogP contribution in [0.25, 0.3) is 0 Å². The Kier molecular flexibility index (Phi) is 2.94. The van der Waals surface area contributed by atoms with E-state index in [0.29, 0.717) is 6.54 Å². The van der Waals surface area contributed by atoms with Gasteiger partial charge in [0.2, 0.25) is 5.91 Å². The third-order valence-corrected chi connectivity index (χ3v) is 2.77. The Morgan fingerprint density at radius 1 is 1.38 bits per heavy atom. The molecule has 1 aromatic heterocycles. The van der Waals surface area contributed by atoms with Crippen LogP contribution in [0.4, 0.5) is 11.6 Å². The summed E-state index contributed by atoms with van der Waals surface area (Å²) in [6.07, 6.45) is 0. The number of carbonyl (C=O) groups is 1. The zero-order chi connectivity index (χ0) is 11.5. The third-order valence-electron chi connectivity index (χ3n) is 2.77. The van der Waals surface area contributed by atoms with Gasteiger partial charge in [-0.15, -0.1) is 0 Å². The average Bonchev–Trinajstić information content (AvgIpc) is 2.33. The number of rotatable bonds is 2. The fourth-order valence-electron chi connectivity index (χ4n) is 1.69. The van der Waals surface area contributed by atoms with Crippen molar-refractivity contribution >= 4 is 17.5 Å². The molecule has 0 bridgehead atoms. The number of piperazine rings is 1. The quantitative estimate of drug-likeness (QED) is 0.784. The number of anilines is 2. The van der Waals surface area contributed by atoms with Crippen molar-refractivity contribution in [2.45, 2.75) is 0 Å². The first-order valence-electron chi connectivity index (χ1n) is 5.34. The molecule has 2 rings (SSSR count). The molecule has 1 saturated heterocycles. The molecule has 1 aliphatic rings. The summed E-state index contributed by atoms with van der Waals surface area (Å²) in [5.41, 5.74) is 0. The van der Waals surface area contributed by atoms with E-state index < -0.39 is 0 Å². The van der Waals surface area contributed by atoms with Crippen LogP contribution >= 0.6 is 0 Å². The first-order valence-corrected chi connectivity index (χ1v) is 5.34. The number of carbonyl (C=O) groups excluding carboxylic acids is 1. The number of hydrogen-bond acceptors (Lipinski definition) is 4. The largest absolute Gasteiger partial charge is 0.373 e. The SMILES string of the molecule is CNc1cccc(N2CCN(C)C(=O)C2)n1. The summed E-state index contributed by atoms with van der Waals surface area (Å²) in [4.78, 5) is 19.7. The average molecular weight is 220 g/mol. The molecule has 0 spiro atoms. The molecule has 1 fully saturated rings. The summed E-state index contributed by atoms with van der Waals surface area (Å²) in [5, 5.41) is 2.99. The Hall–Kier alpha value is -1.78. The molecule has 1 amide bonds. The summed E-state index contributed by atoms with van der Waals surface area (Å²) in [6.45, 7) is 2.00. The molecule has 5 heteroatoms. The fraction of sp³-hybridized carbons (Fsp3) is 0.455. The summed E-state index contributed by atoms with van der Waals surface area (Å²) in [7, 11) is 3.67. The van der Waals surface area contributed by atoms with Crippen molar-refractivity contribution in [2.75, 3.05) is 43.9 Å². The van der Waals surface area contributed by atoms with Crippen LogP contribution in [0.5, 0.6) is 0 Å². The second kappa shape index (κ2) is 4.38. The van der Waals surface area contributed by atoms with E-state index in [-0.39, 0.29) is 5.91 Å². The monoisotopic (exact) mass is 220 g/mol. The van der Waals surface area contributed by atoms with Crippen LogP contribution < -0.4 is 10.2 Å². The number of amides is 1. The van der Waals surface area contributed by atoms with Crippen molar-refractivity contribution in [3.8, 4) is 0 Å². The minimum atomic E-state index is 0.142. The predicted octanol–water partition coefficient (Wildman–Crippen LogP) is 0.402. The highest BCUT2D eigenvalue weighted by Gasteiger charge is 2.21. The van der Waals surface area contributed by atoms with Gasteiger partial charge in [0.05, 0.1) is 6.54 Å². The van der Waals surface area contributed by atoms with E-state index in [1.165, 1.54) is 0 Å². The van der Waals surface area contributed by atoms with Gasteiger partial charge in [0.25, 0.3) is 0 Å². The van der Waals surface area contributed by atoms with E-state index in [9.17, 15) is 4.79 Å². The lowest BCUT2D eigenvalue weighted by Gasteiger charge is -2.32. The Bertz CT molecular complexity index is 393. The Morgan fingerprint density at radius 2 is 2.19 bits per heavy atom. The Balaban J connectivity index is 2.15. The molecule has 0 radical (unpaired) electrons. The van der Waals surface area contributed by atoms with Crippen molar-refractivity contribution in [1.82, 2.24) is 9.88 Å². The molecule has 1 aromatic rings. The van der Waals surface area contributed by atoms with Gasteiger partial charge < -0.3 is 15.1 Å². The van der Waals surface area contributed by atoms with Crippen LogP contribution in [0.15, 0.2) is 18.2 Å². The summed E-state index contributed by atoms with van der Waals surface area (Å²) < 4.78 is 0. The van der Waals surface area contributed by atoms with Gasteiger partial charge in [-0.05, 0) is 12.1 Å². The van der Waals surface area contributed by atoms with Crippen LogP contribution in [-0.2, 0) is 4.79 Å². The minimum absolute atomic E-state index is 0.142. The van der Waals surface area contributed by atoms with Crippen LogP contribution in [0.1, 0.15) is 0 Å². The summed E-state index contributed by atoms with van der Waals surface area (Å²) in [5.74, 6) is 1.82. The van der Waals surface area contributed by atoms with Gasteiger partial charge in [0.15, 0.2) is 0 Å². The first-order chi connectivity index (χ1) is 7.70. The van der Waals surface area contributed by atoms with Crippen LogP contribution in [-0.4, -0.2) is 49.5 Å². The minimum Gasteiger partial charge on any atom is -0.373 e. The lowest BCUT2D eigenvalue weighted by molar-refractivity contribution is -0.129. The third kappa shape index (κ3) is 2.08. The molecule has 86 valence electrons. The van der Waals surface area contributed by atoms with E-state index in [4.69, 9.17) is 0 Å². The lowest BCUT2D eigenvalue weighted by atomic mass is 10.3. The normalized spacial score (nSPS) is 16.5. The molecule has 0 aliphatic carbocycles. The second-order valence-electron chi connectivity index (χ2n) is 3.87. The molecular formula is C11H16N4O. The van der Waals surface area contributed by atoms with Crippen molar-refractivity contribution in [3.05, 3.63) is 18.2 Å². The number of pyridine rings is 1. The Morgan fingerprint density at radius 3 is 2.88 bits per heavy atom. The summed E-state index contributed by atoms with van der Waals surface area (Å²) >= 11 is 0. The molecule has 1 N–H and O–H groups in total. The van der Waals surface area contributed by atoms with Gasteiger partial charge in [-0.25, -0.2) is 4.98 Å². The van der Waals surface area contributed by atoms with Gasteiger partial charge in [-0.2, -0.15) is 0 Å². The maximum atomic E-state index is 11.6. The predicted molar refractivity (Wildman–Crippen MR) is 63.6 cm³/mol. The Labute approximate surface area is 95.1 Å². The maximum absolute atomic E-state index is 11.6. The van der Waals surface area contributed by atoms with E-state index in [1.54, 1.807) is 4.90 Å². The van der Waals surface area contributed by atoms with Crippen LogP contribution in [0.3, 0.4) is 0 Å². The number of likely N-dealkylation sites (N-methyl/N-ethyl adjacent to an activating group) is 1. The van der Waals surface area contributed by atoms with Crippen molar-refractivity contribution in [1.29, 1.82) is 0 Å². The van der Waals surface area contributed by atoms with Crippen molar-refractivity contribution in [2.24, 2.45) is 0 Å². The molecule has 0 aromatic carbocycles. The number of hydrogen-bond donors (Lipinski definition) is 1. The number of nitrogens with one attached hydrogen (secondary N) is 1. The van der Waals surface area contributed by atoms with Crippen LogP contribution in [0.2, 0.25) is 0 Å². The van der Waals surface area contributed by atoms with Gasteiger partial charge in [0.1, 0.15) is 11.6 Å². The smallest absolute Gasteiger partial charge is 0.241 e. The van der Waals surface area contributed by atoms with E-state index in [2.05, 4.69) is 10.3 Å². The van der Waals surface area contributed by atoms with Gasteiger partial charge >= 0.3 is 0 Å². The number of nitrogens with zero attached hydrogens (tertiary/aromatic N) is 3. The van der Waals surface area contributed by atoms with Gasteiger partial charge in [0, 0.05) is 27.2 Å². The molecule has 1 aliphatic heterocycles. The molecule has 0 saturated carbocycles.